The monoisotopic (exact) mass is 407 g/mol. The van der Waals surface area contributed by atoms with E-state index in [2.05, 4.69) is 0 Å². The second-order valence-corrected chi connectivity index (χ2v) is 6.98. The third-order valence-electron chi connectivity index (χ3n) is 4.73. The number of ketones is 1. The van der Waals surface area contributed by atoms with Crippen molar-refractivity contribution in [2.75, 3.05) is 6.61 Å². The van der Waals surface area contributed by atoms with Crippen molar-refractivity contribution in [2.45, 2.75) is 38.5 Å². The first kappa shape index (κ1) is 20.0. The lowest BCUT2D eigenvalue weighted by atomic mass is 10.0. The number of aliphatic carboxylic acids is 1. The average Bonchev–Trinajstić information content (AvgIpc) is 3.31. The smallest absolute Gasteiger partial charge is 0.303 e. The van der Waals surface area contributed by atoms with Crippen molar-refractivity contribution in [3.05, 3.63) is 78.1 Å². The molecule has 0 amide bonds. The Morgan fingerprint density at radius 3 is 2.47 bits per heavy atom. The molecule has 1 aromatic heterocycles. The van der Waals surface area contributed by atoms with E-state index in [0.29, 0.717) is 29.9 Å². The minimum atomic E-state index is -0.788. The van der Waals surface area contributed by atoms with Gasteiger partial charge in [0.15, 0.2) is 5.78 Å². The molecule has 0 aliphatic carbocycles. The van der Waals surface area contributed by atoms with E-state index in [4.69, 9.17) is 15.6 Å². The molecule has 1 atom stereocenters. The summed E-state index contributed by atoms with van der Waals surface area (Å²) in [6.45, 7) is 0.450. The molecule has 1 N–H and O–H groups in total. The Morgan fingerprint density at radius 2 is 1.73 bits per heavy atom. The van der Waals surface area contributed by atoms with Gasteiger partial charge in [-0.15, -0.1) is 0 Å². The minimum Gasteiger partial charge on any atom is -0.493 e. The zero-order valence-corrected chi connectivity index (χ0v) is 16.8. The van der Waals surface area contributed by atoms with Gasteiger partial charge in [-0.25, -0.2) is 0 Å². The van der Waals surface area contributed by atoms with Crippen LogP contribution in [-0.4, -0.2) is 23.5 Å². The van der Waals surface area contributed by atoms with Gasteiger partial charge in [-0.2, -0.15) is 0 Å². The number of unbranched alkanes of at least 4 members (excludes halogenated alkanes) is 2. The van der Waals surface area contributed by atoms with Crippen molar-refractivity contribution in [3.8, 4) is 17.1 Å². The Hall–Kier alpha value is -3.34. The van der Waals surface area contributed by atoms with Crippen molar-refractivity contribution in [1.82, 2.24) is 0 Å². The van der Waals surface area contributed by atoms with E-state index in [1.807, 2.05) is 42.5 Å². The summed E-state index contributed by atoms with van der Waals surface area (Å²) in [5, 5.41) is 8.67. The number of carboxylic acid groups (broad SMARTS) is 1. The molecule has 3 aromatic rings. The molecule has 0 aliphatic heterocycles. The third-order valence-corrected chi connectivity index (χ3v) is 4.73. The van der Waals surface area contributed by atoms with Crippen LogP contribution in [0.1, 0.15) is 49.4 Å². The topological polar surface area (TPSA) is 76.7 Å². The van der Waals surface area contributed by atoms with Crippen LogP contribution < -0.4 is 4.74 Å². The zero-order valence-electron chi connectivity index (χ0n) is 17.8. The first-order valence-electron chi connectivity index (χ1n) is 10.6. The predicted octanol–water partition coefficient (Wildman–Crippen LogP) is 5.79. The van der Waals surface area contributed by atoms with Gasteiger partial charge in [-0.05, 0) is 49.4 Å². The van der Waals surface area contributed by atoms with Crippen LogP contribution in [0.15, 0.2) is 71.3 Å². The first-order valence-corrected chi connectivity index (χ1v) is 10.1. The Bertz CT molecular complexity index is 979. The number of carbonyl (C=O) groups is 2. The summed E-state index contributed by atoms with van der Waals surface area (Å²) < 4.78 is 19.7. The SMILES string of the molecule is [2H]C(CC(=O)c1ccc(-c2ccco2)cc1)c1ccccc1OCCCCCC(=O)O. The van der Waals surface area contributed by atoms with E-state index < -0.39 is 12.4 Å². The Kier molecular flexibility index (Phi) is 7.32. The molecule has 2 aromatic carbocycles. The summed E-state index contributed by atoms with van der Waals surface area (Å²) in [5.74, 6) is 0.450. The summed E-state index contributed by atoms with van der Waals surface area (Å²) >= 11 is 0. The molecule has 1 heterocycles. The van der Waals surface area contributed by atoms with E-state index in [1.165, 1.54) is 0 Å². The maximum Gasteiger partial charge on any atom is 0.303 e. The maximum absolute atomic E-state index is 12.7. The molecule has 0 radical (unpaired) electrons. The number of rotatable bonds is 12. The molecule has 0 saturated heterocycles. The van der Waals surface area contributed by atoms with Gasteiger partial charge < -0.3 is 14.3 Å². The molecule has 0 saturated carbocycles. The van der Waals surface area contributed by atoms with E-state index in [0.717, 1.165) is 24.2 Å². The fourth-order valence-corrected chi connectivity index (χ4v) is 3.10. The Morgan fingerprint density at radius 1 is 0.933 bits per heavy atom. The van der Waals surface area contributed by atoms with Crippen molar-refractivity contribution < 1.29 is 25.2 Å². The van der Waals surface area contributed by atoms with Crippen LogP contribution in [0.5, 0.6) is 5.75 Å². The molecule has 30 heavy (non-hydrogen) atoms. The average molecular weight is 407 g/mol. The fraction of sp³-hybridized carbons (Fsp3) is 0.280. The van der Waals surface area contributed by atoms with E-state index in [-0.39, 0.29) is 18.6 Å². The van der Waals surface area contributed by atoms with Crippen molar-refractivity contribution in [2.24, 2.45) is 0 Å². The van der Waals surface area contributed by atoms with Gasteiger partial charge in [0.25, 0.3) is 0 Å². The molecule has 1 unspecified atom stereocenters. The fourth-order valence-electron chi connectivity index (χ4n) is 3.10. The molecular weight excluding hydrogens is 380 g/mol. The van der Waals surface area contributed by atoms with Gasteiger partial charge in [-0.3, -0.25) is 9.59 Å². The number of benzene rings is 2. The molecule has 0 bridgehead atoms. The number of carbonyl (C=O) groups excluding carboxylic acids is 1. The van der Waals surface area contributed by atoms with Crippen molar-refractivity contribution >= 4 is 11.8 Å². The maximum atomic E-state index is 12.7. The second-order valence-electron chi connectivity index (χ2n) is 6.98. The number of Topliss-reactive ketones (excluding diaryl/α,β-unsaturated/α-hetero) is 1. The van der Waals surface area contributed by atoms with Crippen LogP contribution in [0.2, 0.25) is 0 Å². The number of para-hydroxylation sites is 1. The van der Waals surface area contributed by atoms with E-state index in [9.17, 15) is 9.59 Å². The summed E-state index contributed by atoms with van der Waals surface area (Å²) in [6.07, 6.45) is 3.22. The number of furan rings is 1. The van der Waals surface area contributed by atoms with E-state index >= 15 is 0 Å². The van der Waals surface area contributed by atoms with Crippen LogP contribution in [0.3, 0.4) is 0 Å². The highest BCUT2D eigenvalue weighted by atomic mass is 16.5. The van der Waals surface area contributed by atoms with Crippen molar-refractivity contribution in [3.63, 3.8) is 0 Å². The van der Waals surface area contributed by atoms with Gasteiger partial charge in [-0.1, -0.05) is 42.5 Å². The molecule has 5 heteroatoms. The normalized spacial score (nSPS) is 12.2. The highest BCUT2D eigenvalue weighted by Crippen LogP contribution is 2.23. The summed E-state index contributed by atoms with van der Waals surface area (Å²) in [7, 11) is 0. The molecule has 0 aliphatic rings. The number of ether oxygens (including phenoxy) is 1. The largest absolute Gasteiger partial charge is 0.493 e. The van der Waals surface area contributed by atoms with Gasteiger partial charge >= 0.3 is 5.97 Å². The first-order chi connectivity index (χ1) is 15.0. The zero-order chi connectivity index (χ0) is 22.1. The summed E-state index contributed by atoms with van der Waals surface area (Å²) in [6, 6.07) is 18.2. The molecule has 156 valence electrons. The standard InChI is InChI=1S/C25H26O5/c26-22(19-11-13-21(14-12-19)24-9-6-18-30-24)16-15-20-7-3-4-8-23(20)29-17-5-1-2-10-25(27)28/h3-4,6-9,11-14,18H,1-2,5,10,15-17H2,(H,27,28)/i15D. The van der Waals surface area contributed by atoms with Crippen molar-refractivity contribution in [1.29, 1.82) is 0 Å². The Balaban J connectivity index is 1.55. The van der Waals surface area contributed by atoms with Crippen LogP contribution >= 0.6 is 0 Å². The number of hydrogen-bond acceptors (Lipinski definition) is 4. The van der Waals surface area contributed by atoms with Crippen LogP contribution in [-0.2, 0) is 11.2 Å². The van der Waals surface area contributed by atoms with Gasteiger partial charge in [0.2, 0.25) is 0 Å². The lowest BCUT2D eigenvalue weighted by molar-refractivity contribution is -0.137. The lowest BCUT2D eigenvalue weighted by Gasteiger charge is -2.11. The lowest BCUT2D eigenvalue weighted by Crippen LogP contribution is -2.04. The van der Waals surface area contributed by atoms with Crippen LogP contribution in [0.25, 0.3) is 11.3 Å². The third kappa shape index (κ3) is 6.34. The van der Waals surface area contributed by atoms with Crippen LogP contribution in [0, 0.1) is 0 Å². The molecule has 5 nitrogen and oxygen atoms in total. The number of carboxylic acids is 1. The second kappa shape index (κ2) is 11.0. The highest BCUT2D eigenvalue weighted by Gasteiger charge is 2.10. The summed E-state index contributed by atoms with van der Waals surface area (Å²) in [4.78, 5) is 23.2. The number of hydrogen-bond donors (Lipinski definition) is 1. The van der Waals surface area contributed by atoms with Crippen LogP contribution in [0.4, 0.5) is 0 Å². The molecule has 0 fully saturated rings. The highest BCUT2D eigenvalue weighted by molar-refractivity contribution is 5.96. The quantitative estimate of drug-likeness (QED) is 0.304. The minimum absolute atomic E-state index is 0.0546. The van der Waals surface area contributed by atoms with Gasteiger partial charge in [0, 0.05) is 25.3 Å². The molecular formula is C25H26O5. The van der Waals surface area contributed by atoms with E-state index in [1.54, 1.807) is 24.5 Å². The molecule has 0 spiro atoms. The summed E-state index contributed by atoms with van der Waals surface area (Å²) in [5.41, 5.74) is 2.13. The van der Waals surface area contributed by atoms with Gasteiger partial charge in [0.1, 0.15) is 11.5 Å². The van der Waals surface area contributed by atoms with Gasteiger partial charge in [0.05, 0.1) is 12.9 Å². The predicted molar refractivity (Wildman–Crippen MR) is 115 cm³/mol. The molecule has 3 rings (SSSR count). The Labute approximate surface area is 177 Å². The number of aryl methyl sites for hydroxylation is 1.